The molecule has 0 aromatic heterocycles. The number of nitrogens with zero attached hydrogens (tertiary/aromatic N) is 1. The largest absolute Gasteiger partial charge is 0.379 e. The van der Waals surface area contributed by atoms with Gasteiger partial charge in [0.25, 0.3) is 0 Å². The summed E-state index contributed by atoms with van der Waals surface area (Å²) < 4.78 is 5.51. The maximum atomic E-state index is 12.8. The minimum Gasteiger partial charge on any atom is -0.379 e. The van der Waals surface area contributed by atoms with E-state index in [1.807, 2.05) is 17.9 Å². The number of fused-ring (bicyclic) bond motifs is 1. The summed E-state index contributed by atoms with van der Waals surface area (Å²) in [6.45, 7) is 5.33. The van der Waals surface area contributed by atoms with E-state index in [2.05, 4.69) is 5.32 Å². The van der Waals surface area contributed by atoms with E-state index in [0.717, 1.165) is 24.1 Å². The van der Waals surface area contributed by atoms with Crippen LogP contribution < -0.4 is 5.32 Å². The molecule has 0 spiro atoms. The van der Waals surface area contributed by atoms with Crippen molar-refractivity contribution in [1.29, 1.82) is 0 Å². The molecule has 120 valence electrons. The molecule has 1 N–H and O–H groups in total. The van der Waals surface area contributed by atoms with Crippen LogP contribution in [0.3, 0.4) is 0 Å². The summed E-state index contributed by atoms with van der Waals surface area (Å²) in [7, 11) is 0. The topological polar surface area (TPSA) is 41.6 Å². The highest BCUT2D eigenvalue weighted by molar-refractivity contribution is 6.35. The van der Waals surface area contributed by atoms with Crippen molar-refractivity contribution in [3.05, 3.63) is 33.3 Å². The van der Waals surface area contributed by atoms with Gasteiger partial charge in [0.05, 0.1) is 25.2 Å². The van der Waals surface area contributed by atoms with E-state index >= 15 is 0 Å². The van der Waals surface area contributed by atoms with Crippen molar-refractivity contribution >= 4 is 29.1 Å². The Morgan fingerprint density at radius 2 is 2.23 bits per heavy atom. The minimum absolute atomic E-state index is 0.0377. The summed E-state index contributed by atoms with van der Waals surface area (Å²) in [5.74, 6) is 0.0103. The van der Waals surface area contributed by atoms with E-state index in [1.165, 1.54) is 0 Å². The SMILES string of the molecule is C[C@H]1c2c(Cl)cc(Cl)cc2CCN1C(=O)C1CNCCOC1. The van der Waals surface area contributed by atoms with Gasteiger partial charge in [0.15, 0.2) is 0 Å². The summed E-state index contributed by atoms with van der Waals surface area (Å²) in [4.78, 5) is 14.8. The Hall–Kier alpha value is -0.810. The summed E-state index contributed by atoms with van der Waals surface area (Å²) in [6.07, 6.45) is 0.784. The first kappa shape index (κ1) is 16.1. The fourth-order valence-electron chi connectivity index (χ4n) is 3.30. The molecule has 2 heterocycles. The lowest BCUT2D eigenvalue weighted by Gasteiger charge is -2.37. The van der Waals surface area contributed by atoms with Gasteiger partial charge in [-0.2, -0.15) is 0 Å². The predicted octanol–water partition coefficient (Wildman–Crippen LogP) is 2.68. The monoisotopic (exact) mass is 342 g/mol. The maximum absolute atomic E-state index is 12.8. The Morgan fingerprint density at radius 3 is 3.05 bits per heavy atom. The second-order valence-corrected chi connectivity index (χ2v) is 6.74. The average Bonchev–Trinajstić information content (AvgIpc) is 2.75. The molecule has 0 saturated carbocycles. The molecule has 4 nitrogen and oxygen atoms in total. The average molecular weight is 343 g/mol. The van der Waals surface area contributed by atoms with Gasteiger partial charge in [0.2, 0.25) is 5.91 Å². The molecule has 1 aromatic rings. The first-order valence-corrected chi connectivity index (χ1v) is 8.40. The van der Waals surface area contributed by atoms with Crippen LogP contribution in [-0.2, 0) is 16.0 Å². The van der Waals surface area contributed by atoms with Crippen molar-refractivity contribution < 1.29 is 9.53 Å². The molecular formula is C16H20Cl2N2O2. The number of nitrogens with one attached hydrogen (secondary N) is 1. The Kier molecular flexibility index (Phi) is 4.93. The molecule has 1 amide bonds. The Morgan fingerprint density at radius 1 is 1.41 bits per heavy atom. The lowest BCUT2D eigenvalue weighted by Crippen LogP contribution is -2.45. The normalized spacial score (nSPS) is 25.5. The number of carbonyl (C=O) groups excluding carboxylic acids is 1. The zero-order chi connectivity index (χ0) is 15.7. The third-order valence-corrected chi connectivity index (χ3v) is 4.98. The standard InChI is InChI=1S/C16H20Cl2N2O2/c1-10-15-11(6-13(17)7-14(15)18)2-4-20(10)16(21)12-8-19-3-5-22-9-12/h6-7,10,12,19H,2-5,8-9H2,1H3/t10-,12?/m0/s1. The van der Waals surface area contributed by atoms with Crippen LogP contribution in [0.15, 0.2) is 12.1 Å². The van der Waals surface area contributed by atoms with Crippen LogP contribution >= 0.6 is 23.2 Å². The summed E-state index contributed by atoms with van der Waals surface area (Å²) in [6, 6.07) is 3.67. The van der Waals surface area contributed by atoms with Crippen molar-refractivity contribution in [3.63, 3.8) is 0 Å². The number of ether oxygens (including phenoxy) is 1. The number of halogens is 2. The number of carbonyl (C=O) groups is 1. The van der Waals surface area contributed by atoms with E-state index in [4.69, 9.17) is 27.9 Å². The van der Waals surface area contributed by atoms with Crippen molar-refractivity contribution in [1.82, 2.24) is 10.2 Å². The van der Waals surface area contributed by atoms with E-state index in [0.29, 0.717) is 36.3 Å². The Bertz CT molecular complexity index is 572. The Labute approximate surface area is 140 Å². The fraction of sp³-hybridized carbons (Fsp3) is 0.562. The molecule has 2 atom stereocenters. The lowest BCUT2D eigenvalue weighted by atomic mass is 9.92. The molecule has 0 aliphatic carbocycles. The van der Waals surface area contributed by atoms with Crippen LogP contribution in [0, 0.1) is 5.92 Å². The molecule has 0 radical (unpaired) electrons. The van der Waals surface area contributed by atoms with E-state index < -0.39 is 0 Å². The first-order valence-electron chi connectivity index (χ1n) is 7.64. The van der Waals surface area contributed by atoms with Crippen LogP contribution in [0.25, 0.3) is 0 Å². The molecule has 22 heavy (non-hydrogen) atoms. The fourth-order valence-corrected chi connectivity index (χ4v) is 4.00. The van der Waals surface area contributed by atoms with Crippen LogP contribution in [0.4, 0.5) is 0 Å². The van der Waals surface area contributed by atoms with Gasteiger partial charge in [-0.25, -0.2) is 0 Å². The third kappa shape index (κ3) is 3.11. The summed E-state index contributed by atoms with van der Waals surface area (Å²) >= 11 is 12.4. The van der Waals surface area contributed by atoms with Crippen molar-refractivity contribution in [3.8, 4) is 0 Å². The van der Waals surface area contributed by atoms with Gasteiger partial charge < -0.3 is 15.0 Å². The van der Waals surface area contributed by atoms with Gasteiger partial charge in [0.1, 0.15) is 0 Å². The third-order valence-electron chi connectivity index (χ3n) is 4.45. The first-order chi connectivity index (χ1) is 10.6. The molecule has 3 rings (SSSR count). The van der Waals surface area contributed by atoms with Gasteiger partial charge in [-0.15, -0.1) is 0 Å². The second-order valence-electron chi connectivity index (χ2n) is 5.89. The maximum Gasteiger partial charge on any atom is 0.229 e. The molecule has 2 aliphatic heterocycles. The van der Waals surface area contributed by atoms with Crippen molar-refractivity contribution in [2.24, 2.45) is 5.92 Å². The predicted molar refractivity (Wildman–Crippen MR) is 87.5 cm³/mol. The van der Waals surface area contributed by atoms with Gasteiger partial charge >= 0.3 is 0 Å². The number of amides is 1. The van der Waals surface area contributed by atoms with E-state index in [1.54, 1.807) is 6.07 Å². The van der Waals surface area contributed by atoms with E-state index in [-0.39, 0.29) is 17.9 Å². The zero-order valence-electron chi connectivity index (χ0n) is 12.6. The Balaban J connectivity index is 1.82. The molecule has 1 unspecified atom stereocenters. The molecule has 0 bridgehead atoms. The van der Waals surface area contributed by atoms with Gasteiger partial charge in [-0.05, 0) is 36.6 Å². The van der Waals surface area contributed by atoms with Crippen LogP contribution in [0.2, 0.25) is 10.0 Å². The summed E-state index contributed by atoms with van der Waals surface area (Å²) in [5, 5.41) is 4.55. The molecule has 1 fully saturated rings. The van der Waals surface area contributed by atoms with Gasteiger partial charge in [0, 0.05) is 29.7 Å². The minimum atomic E-state index is -0.127. The van der Waals surface area contributed by atoms with Crippen LogP contribution in [0.5, 0.6) is 0 Å². The number of hydrogen-bond donors (Lipinski definition) is 1. The van der Waals surface area contributed by atoms with E-state index in [9.17, 15) is 4.79 Å². The highest BCUT2D eigenvalue weighted by Crippen LogP contribution is 2.37. The number of hydrogen-bond acceptors (Lipinski definition) is 3. The van der Waals surface area contributed by atoms with Crippen LogP contribution in [-0.4, -0.2) is 43.7 Å². The van der Waals surface area contributed by atoms with Crippen molar-refractivity contribution in [2.45, 2.75) is 19.4 Å². The quantitative estimate of drug-likeness (QED) is 0.853. The van der Waals surface area contributed by atoms with Crippen LogP contribution in [0.1, 0.15) is 24.1 Å². The highest BCUT2D eigenvalue weighted by atomic mass is 35.5. The lowest BCUT2D eigenvalue weighted by molar-refractivity contribution is -0.139. The van der Waals surface area contributed by atoms with Gasteiger partial charge in [-0.1, -0.05) is 23.2 Å². The second kappa shape index (κ2) is 6.75. The number of benzene rings is 1. The molecule has 2 aliphatic rings. The molecule has 1 saturated heterocycles. The molecule has 6 heteroatoms. The van der Waals surface area contributed by atoms with Crippen molar-refractivity contribution in [2.75, 3.05) is 32.8 Å². The highest BCUT2D eigenvalue weighted by Gasteiger charge is 2.33. The number of rotatable bonds is 1. The van der Waals surface area contributed by atoms with Gasteiger partial charge in [-0.3, -0.25) is 4.79 Å². The smallest absolute Gasteiger partial charge is 0.229 e. The summed E-state index contributed by atoms with van der Waals surface area (Å²) in [5.41, 5.74) is 2.16. The zero-order valence-corrected chi connectivity index (χ0v) is 14.1. The molecule has 1 aromatic carbocycles. The molecular weight excluding hydrogens is 323 g/mol.